The van der Waals surface area contributed by atoms with Gasteiger partial charge in [0.25, 0.3) is 11.8 Å². The van der Waals surface area contributed by atoms with Crippen molar-refractivity contribution in [1.29, 1.82) is 0 Å². The quantitative estimate of drug-likeness (QED) is 0.178. The minimum absolute atomic E-state index is 0.0339. The smallest absolute Gasteiger partial charge is 0.353 e. The Labute approximate surface area is 214 Å². The first kappa shape index (κ1) is 24.5. The summed E-state index contributed by atoms with van der Waals surface area (Å²) in [6.45, 7) is 0. The SMILES string of the molecule is Nc1nc(/C(=N/O)C(=O)N[C@@H]2C(=O)N3C(C(=O)O)=C(Sc4cncc(Cl)c4Cl)CC[C@H]23)c(Cl)s1. The Kier molecular flexibility index (Phi) is 6.92. The van der Waals surface area contributed by atoms with Gasteiger partial charge in [0.05, 0.1) is 21.0 Å². The summed E-state index contributed by atoms with van der Waals surface area (Å²) >= 11 is 20.1. The third-order valence-electron chi connectivity index (χ3n) is 5.06. The Morgan fingerprint density at radius 3 is 2.68 bits per heavy atom. The number of nitrogens with one attached hydrogen (secondary N) is 1. The molecule has 2 aromatic heterocycles. The van der Waals surface area contributed by atoms with E-state index in [1.54, 1.807) is 0 Å². The van der Waals surface area contributed by atoms with E-state index in [-0.39, 0.29) is 30.9 Å². The van der Waals surface area contributed by atoms with E-state index in [1.165, 1.54) is 12.4 Å². The second kappa shape index (κ2) is 9.58. The van der Waals surface area contributed by atoms with E-state index in [0.717, 1.165) is 28.0 Å². The summed E-state index contributed by atoms with van der Waals surface area (Å²) < 4.78 is 0.0339. The Morgan fingerprint density at radius 2 is 2.06 bits per heavy atom. The molecule has 2 aliphatic rings. The zero-order valence-corrected chi connectivity index (χ0v) is 20.6. The molecule has 178 valence electrons. The fourth-order valence-electron chi connectivity index (χ4n) is 3.61. The molecule has 16 heteroatoms. The van der Waals surface area contributed by atoms with E-state index in [2.05, 4.69) is 20.4 Å². The highest BCUT2D eigenvalue weighted by Gasteiger charge is 2.54. The van der Waals surface area contributed by atoms with Gasteiger partial charge in [-0.25, -0.2) is 9.78 Å². The van der Waals surface area contributed by atoms with E-state index in [9.17, 15) is 24.7 Å². The number of allylic oxidation sites excluding steroid dienone is 1. The maximum Gasteiger partial charge on any atom is 0.353 e. The molecule has 2 atom stereocenters. The number of carboxylic acid groups (broad SMARTS) is 1. The molecule has 0 aromatic carbocycles. The standard InChI is InChI=1S/C18H13Cl3N6O5S2/c19-5-3-23-4-8(9(5)20)33-7-2-1-6-10(16(29)27(6)13(7)17(30)31)24-15(28)12(26-32)11-14(21)34-18(22)25-11/h3-4,6,10,32H,1-2H2,(H2,22,25)(H,24,28)(H,30,31)/b26-12-/t6-,10+/m1/s1. The van der Waals surface area contributed by atoms with Crippen LogP contribution < -0.4 is 11.1 Å². The topological polar surface area (TPSA) is 171 Å². The Hall–Kier alpha value is -2.58. The van der Waals surface area contributed by atoms with Crippen molar-refractivity contribution in [2.45, 2.75) is 29.8 Å². The Morgan fingerprint density at radius 1 is 1.32 bits per heavy atom. The van der Waals surface area contributed by atoms with Crippen LogP contribution in [0.3, 0.4) is 0 Å². The number of halogens is 3. The number of nitrogens with two attached hydrogens (primary N) is 1. The number of fused-ring (bicyclic) bond motifs is 1. The average molecular weight is 564 g/mol. The summed E-state index contributed by atoms with van der Waals surface area (Å²) in [7, 11) is 0. The molecule has 2 aliphatic heterocycles. The summed E-state index contributed by atoms with van der Waals surface area (Å²) in [5, 5.41) is 25.0. The predicted molar refractivity (Wildman–Crippen MR) is 126 cm³/mol. The first-order valence-electron chi connectivity index (χ1n) is 9.35. The van der Waals surface area contributed by atoms with Crippen molar-refractivity contribution in [3.05, 3.63) is 43.1 Å². The molecule has 34 heavy (non-hydrogen) atoms. The Bertz CT molecular complexity index is 1280. The number of thiazole rings is 1. The number of anilines is 1. The highest BCUT2D eigenvalue weighted by atomic mass is 35.5. The van der Waals surface area contributed by atoms with Crippen LogP contribution in [0.5, 0.6) is 0 Å². The van der Waals surface area contributed by atoms with Gasteiger partial charge in [-0.1, -0.05) is 63.1 Å². The maximum absolute atomic E-state index is 12.9. The van der Waals surface area contributed by atoms with Gasteiger partial charge in [0.1, 0.15) is 21.8 Å². The van der Waals surface area contributed by atoms with Crippen LogP contribution in [0.25, 0.3) is 0 Å². The zero-order chi connectivity index (χ0) is 24.7. The number of nitrogen functional groups attached to an aromatic ring is 1. The summed E-state index contributed by atoms with van der Waals surface area (Å²) in [6, 6.07) is -1.65. The lowest BCUT2D eigenvalue weighted by Gasteiger charge is -2.50. The maximum atomic E-state index is 12.9. The average Bonchev–Trinajstić information content (AvgIpc) is 3.12. The van der Waals surface area contributed by atoms with E-state index in [0.29, 0.717) is 22.6 Å². The van der Waals surface area contributed by atoms with Crippen LogP contribution in [0, 0.1) is 0 Å². The van der Waals surface area contributed by atoms with Crippen LogP contribution in [0.15, 0.2) is 33.0 Å². The number of hydrogen-bond donors (Lipinski definition) is 4. The highest BCUT2D eigenvalue weighted by Crippen LogP contribution is 2.45. The Balaban J connectivity index is 1.55. The summed E-state index contributed by atoms with van der Waals surface area (Å²) in [5.41, 5.74) is 4.70. The molecule has 5 N–H and O–H groups in total. The molecule has 2 aromatic rings. The number of carboxylic acids is 1. The number of oxime groups is 1. The van der Waals surface area contributed by atoms with Crippen LogP contribution in [-0.4, -0.2) is 60.8 Å². The van der Waals surface area contributed by atoms with E-state index < -0.39 is 35.6 Å². The lowest BCUT2D eigenvalue weighted by atomic mass is 9.86. The van der Waals surface area contributed by atoms with Crippen LogP contribution in [0.1, 0.15) is 18.5 Å². The molecule has 0 saturated carbocycles. The molecule has 1 saturated heterocycles. The number of rotatable bonds is 6. The fraction of sp³-hybridized carbons (Fsp3) is 0.222. The van der Waals surface area contributed by atoms with Gasteiger partial charge in [-0.15, -0.1) is 0 Å². The highest BCUT2D eigenvalue weighted by molar-refractivity contribution is 8.03. The van der Waals surface area contributed by atoms with Crippen LogP contribution in [0.2, 0.25) is 14.4 Å². The van der Waals surface area contributed by atoms with Crippen LogP contribution >= 0.6 is 57.9 Å². The zero-order valence-electron chi connectivity index (χ0n) is 16.7. The van der Waals surface area contributed by atoms with E-state index in [4.69, 9.17) is 40.5 Å². The van der Waals surface area contributed by atoms with Crippen LogP contribution in [0.4, 0.5) is 5.13 Å². The minimum Gasteiger partial charge on any atom is -0.477 e. The lowest BCUT2D eigenvalue weighted by Crippen LogP contribution is -2.72. The van der Waals surface area contributed by atoms with Crippen molar-refractivity contribution in [1.82, 2.24) is 20.2 Å². The molecule has 0 unspecified atom stereocenters. The van der Waals surface area contributed by atoms with Gasteiger partial charge in [0.2, 0.25) is 0 Å². The number of aliphatic carboxylic acids is 1. The number of amides is 2. The number of nitrogens with zero attached hydrogens (tertiary/aromatic N) is 4. The van der Waals surface area contributed by atoms with Crippen molar-refractivity contribution in [2.75, 3.05) is 5.73 Å². The van der Waals surface area contributed by atoms with E-state index in [1.807, 2.05) is 0 Å². The van der Waals surface area contributed by atoms with E-state index >= 15 is 0 Å². The first-order valence-corrected chi connectivity index (χ1v) is 12.1. The predicted octanol–water partition coefficient (Wildman–Crippen LogP) is 2.84. The number of hydrogen-bond acceptors (Lipinski definition) is 10. The minimum atomic E-state index is -1.31. The molecule has 4 rings (SSSR count). The number of β-lactam (4-membered cyclic amide) rings is 1. The molecule has 11 nitrogen and oxygen atoms in total. The largest absolute Gasteiger partial charge is 0.477 e. The van der Waals surface area contributed by atoms with Crippen LogP contribution in [-0.2, 0) is 14.4 Å². The molecular weight excluding hydrogens is 551 g/mol. The fourth-order valence-corrected chi connectivity index (χ4v) is 6.04. The first-order chi connectivity index (χ1) is 16.1. The molecular formula is C18H13Cl3N6O5S2. The van der Waals surface area contributed by atoms with Gasteiger partial charge in [-0.2, -0.15) is 0 Å². The summed E-state index contributed by atoms with van der Waals surface area (Å²) in [5.74, 6) is -2.85. The number of aromatic nitrogens is 2. The number of thioether (sulfide) groups is 1. The van der Waals surface area contributed by atoms with Gasteiger partial charge in [0, 0.05) is 17.3 Å². The van der Waals surface area contributed by atoms with Crippen molar-refractivity contribution in [3.8, 4) is 0 Å². The van der Waals surface area contributed by atoms with Gasteiger partial charge in [-0.3, -0.25) is 19.5 Å². The van der Waals surface area contributed by atoms with Gasteiger partial charge >= 0.3 is 5.97 Å². The molecule has 0 aliphatic carbocycles. The van der Waals surface area contributed by atoms with Gasteiger partial charge in [0.15, 0.2) is 10.8 Å². The third kappa shape index (κ3) is 4.29. The van der Waals surface area contributed by atoms with Crippen molar-refractivity contribution in [2.24, 2.45) is 5.16 Å². The molecule has 0 radical (unpaired) electrons. The summed E-state index contributed by atoms with van der Waals surface area (Å²) in [4.78, 5) is 47.4. The normalized spacial score (nSPS) is 20.1. The molecule has 0 bridgehead atoms. The van der Waals surface area contributed by atoms with Gasteiger partial charge in [-0.05, 0) is 12.8 Å². The third-order valence-corrected chi connectivity index (χ3v) is 8.22. The molecule has 2 amide bonds. The molecule has 4 heterocycles. The number of carbonyl (C=O) groups excluding carboxylic acids is 2. The summed E-state index contributed by atoms with van der Waals surface area (Å²) in [6.07, 6.45) is 3.47. The number of pyridine rings is 1. The molecule has 0 spiro atoms. The second-order valence-electron chi connectivity index (χ2n) is 7.00. The lowest BCUT2D eigenvalue weighted by molar-refractivity contribution is -0.155. The van der Waals surface area contributed by atoms with Crippen molar-refractivity contribution >= 4 is 86.5 Å². The van der Waals surface area contributed by atoms with Crippen molar-refractivity contribution in [3.63, 3.8) is 0 Å². The second-order valence-corrected chi connectivity index (χ2v) is 10.6. The monoisotopic (exact) mass is 562 g/mol. The van der Waals surface area contributed by atoms with Gasteiger partial charge < -0.3 is 21.4 Å². The van der Waals surface area contributed by atoms with Crippen molar-refractivity contribution < 1.29 is 24.7 Å². The molecule has 1 fully saturated rings. The number of carbonyl (C=O) groups is 3.